The van der Waals surface area contributed by atoms with Crippen molar-refractivity contribution in [1.82, 2.24) is 0 Å². The van der Waals surface area contributed by atoms with Crippen LogP contribution in [0.25, 0.3) is 0 Å². The van der Waals surface area contributed by atoms with E-state index in [1.807, 2.05) is 20.8 Å². The topological polar surface area (TPSA) is 26.3 Å². The molecular formula is C12H15ClO2. The molecule has 1 aromatic carbocycles. The Labute approximate surface area is 95.2 Å². The molecular weight excluding hydrogens is 212 g/mol. The molecule has 0 amide bonds. The molecule has 2 nitrogen and oxygen atoms in total. The molecule has 0 heterocycles. The number of benzene rings is 1. The summed E-state index contributed by atoms with van der Waals surface area (Å²) in [6.07, 6.45) is 0. The normalized spacial score (nSPS) is 10.5. The minimum Gasteiger partial charge on any atom is -0.496 e. The van der Waals surface area contributed by atoms with E-state index in [9.17, 15) is 4.79 Å². The van der Waals surface area contributed by atoms with Gasteiger partial charge in [0.1, 0.15) is 5.75 Å². The van der Waals surface area contributed by atoms with Crippen LogP contribution in [0.1, 0.15) is 29.8 Å². The number of aryl methyl sites for hydroxylation is 1. The van der Waals surface area contributed by atoms with Crippen LogP contribution in [0.15, 0.2) is 12.1 Å². The van der Waals surface area contributed by atoms with Gasteiger partial charge in [0.2, 0.25) is 0 Å². The summed E-state index contributed by atoms with van der Waals surface area (Å²) in [5.74, 6) is 0.585. The fraction of sp³-hybridized carbons (Fsp3) is 0.417. The van der Waals surface area contributed by atoms with Gasteiger partial charge in [-0.2, -0.15) is 0 Å². The van der Waals surface area contributed by atoms with E-state index in [2.05, 4.69) is 0 Å². The van der Waals surface area contributed by atoms with Gasteiger partial charge in [-0.15, -0.1) is 0 Å². The van der Waals surface area contributed by atoms with Crippen molar-refractivity contribution < 1.29 is 9.53 Å². The summed E-state index contributed by atoms with van der Waals surface area (Å²) in [5.41, 5.74) is 1.47. The number of rotatable bonds is 3. The lowest BCUT2D eigenvalue weighted by Gasteiger charge is -2.11. The van der Waals surface area contributed by atoms with Crippen LogP contribution >= 0.6 is 11.6 Å². The number of ether oxygens (including phenoxy) is 1. The molecule has 0 unspecified atom stereocenters. The highest BCUT2D eigenvalue weighted by atomic mass is 35.5. The average Bonchev–Trinajstić information content (AvgIpc) is 2.20. The van der Waals surface area contributed by atoms with E-state index in [-0.39, 0.29) is 11.7 Å². The number of carbonyl (C=O) groups excluding carboxylic acids is 1. The summed E-state index contributed by atoms with van der Waals surface area (Å²) in [6, 6.07) is 3.47. The molecule has 15 heavy (non-hydrogen) atoms. The van der Waals surface area contributed by atoms with E-state index in [1.54, 1.807) is 19.2 Å². The predicted molar refractivity (Wildman–Crippen MR) is 61.9 cm³/mol. The van der Waals surface area contributed by atoms with Gasteiger partial charge in [-0.3, -0.25) is 4.79 Å². The fourth-order valence-corrected chi connectivity index (χ4v) is 1.49. The van der Waals surface area contributed by atoms with Crippen LogP contribution in [0.5, 0.6) is 5.75 Å². The molecule has 0 aliphatic rings. The van der Waals surface area contributed by atoms with Gasteiger partial charge < -0.3 is 4.74 Å². The van der Waals surface area contributed by atoms with Crippen LogP contribution in [-0.2, 0) is 0 Å². The molecule has 0 aliphatic heterocycles. The molecule has 0 bridgehead atoms. The lowest BCUT2D eigenvalue weighted by molar-refractivity contribution is 0.0936. The van der Waals surface area contributed by atoms with E-state index in [4.69, 9.17) is 16.3 Å². The first-order chi connectivity index (χ1) is 6.97. The van der Waals surface area contributed by atoms with Crippen LogP contribution in [0, 0.1) is 12.8 Å². The molecule has 82 valence electrons. The zero-order valence-electron chi connectivity index (χ0n) is 9.43. The Bertz CT molecular complexity index is 383. The zero-order valence-corrected chi connectivity index (χ0v) is 10.2. The van der Waals surface area contributed by atoms with Crippen molar-refractivity contribution in [3.8, 4) is 5.75 Å². The second-order valence-corrected chi connectivity index (χ2v) is 4.23. The summed E-state index contributed by atoms with van der Waals surface area (Å²) >= 11 is 5.98. The van der Waals surface area contributed by atoms with Crippen LogP contribution in [0.3, 0.4) is 0 Å². The maximum absolute atomic E-state index is 11.8. The standard InChI is InChI=1S/C12H15ClO2/c1-7(2)12(14)9-6-10(13)8(3)5-11(9)15-4/h5-7H,1-4H3. The highest BCUT2D eigenvalue weighted by molar-refractivity contribution is 6.31. The minimum atomic E-state index is -0.0577. The third-order valence-electron chi connectivity index (χ3n) is 2.27. The number of hydrogen-bond donors (Lipinski definition) is 0. The van der Waals surface area contributed by atoms with Crippen molar-refractivity contribution in [3.05, 3.63) is 28.3 Å². The van der Waals surface area contributed by atoms with Gasteiger partial charge in [-0.1, -0.05) is 25.4 Å². The number of carbonyl (C=O) groups is 1. The first-order valence-corrected chi connectivity index (χ1v) is 5.23. The lowest BCUT2D eigenvalue weighted by Crippen LogP contribution is -2.09. The molecule has 0 atom stereocenters. The molecule has 0 aromatic heterocycles. The van der Waals surface area contributed by atoms with Crippen LogP contribution in [0.4, 0.5) is 0 Å². The molecule has 1 rings (SSSR count). The Morgan fingerprint density at radius 1 is 1.40 bits per heavy atom. The van der Waals surface area contributed by atoms with E-state index in [1.165, 1.54) is 0 Å². The Kier molecular flexibility index (Phi) is 3.75. The summed E-state index contributed by atoms with van der Waals surface area (Å²) in [5, 5.41) is 0.597. The summed E-state index contributed by atoms with van der Waals surface area (Å²) in [4.78, 5) is 11.8. The van der Waals surface area contributed by atoms with Crippen molar-refractivity contribution in [3.63, 3.8) is 0 Å². The predicted octanol–water partition coefficient (Wildman–Crippen LogP) is 3.50. The second kappa shape index (κ2) is 4.67. The zero-order chi connectivity index (χ0) is 11.6. The monoisotopic (exact) mass is 226 g/mol. The SMILES string of the molecule is COc1cc(C)c(Cl)cc1C(=O)C(C)C. The van der Waals surface area contributed by atoms with Gasteiger partial charge in [0.15, 0.2) is 5.78 Å². The van der Waals surface area contributed by atoms with E-state index in [0.29, 0.717) is 16.3 Å². The quantitative estimate of drug-likeness (QED) is 0.738. The van der Waals surface area contributed by atoms with E-state index in [0.717, 1.165) is 5.56 Å². The summed E-state index contributed by atoms with van der Waals surface area (Å²) in [7, 11) is 1.56. The second-order valence-electron chi connectivity index (χ2n) is 3.82. The first-order valence-electron chi connectivity index (χ1n) is 4.85. The highest BCUT2D eigenvalue weighted by Gasteiger charge is 2.17. The largest absolute Gasteiger partial charge is 0.496 e. The molecule has 3 heteroatoms. The van der Waals surface area contributed by atoms with Crippen molar-refractivity contribution in [2.75, 3.05) is 7.11 Å². The number of Topliss-reactive ketones (excluding diaryl/α,β-unsaturated/α-hetero) is 1. The highest BCUT2D eigenvalue weighted by Crippen LogP contribution is 2.28. The van der Waals surface area contributed by atoms with Crippen LogP contribution < -0.4 is 4.74 Å². The molecule has 0 saturated heterocycles. The van der Waals surface area contributed by atoms with E-state index < -0.39 is 0 Å². The molecule has 0 saturated carbocycles. The fourth-order valence-electron chi connectivity index (χ4n) is 1.33. The lowest BCUT2D eigenvalue weighted by atomic mass is 9.99. The van der Waals surface area contributed by atoms with Gasteiger partial charge in [-0.25, -0.2) is 0 Å². The Morgan fingerprint density at radius 2 is 2.00 bits per heavy atom. The molecule has 1 aromatic rings. The smallest absolute Gasteiger partial charge is 0.169 e. The third-order valence-corrected chi connectivity index (χ3v) is 2.68. The molecule has 0 fully saturated rings. The number of ketones is 1. The minimum absolute atomic E-state index is 0.0498. The van der Waals surface area contributed by atoms with E-state index >= 15 is 0 Å². The molecule has 0 spiro atoms. The van der Waals surface area contributed by atoms with Crippen molar-refractivity contribution in [1.29, 1.82) is 0 Å². The third kappa shape index (κ3) is 2.51. The molecule has 0 radical (unpaired) electrons. The number of methoxy groups -OCH3 is 1. The van der Waals surface area contributed by atoms with Gasteiger partial charge in [0, 0.05) is 10.9 Å². The average molecular weight is 227 g/mol. The van der Waals surface area contributed by atoms with Crippen molar-refractivity contribution >= 4 is 17.4 Å². The van der Waals surface area contributed by atoms with Crippen LogP contribution in [-0.4, -0.2) is 12.9 Å². The summed E-state index contributed by atoms with van der Waals surface area (Å²) in [6.45, 7) is 5.60. The van der Waals surface area contributed by atoms with Crippen LogP contribution in [0.2, 0.25) is 5.02 Å². The van der Waals surface area contributed by atoms with Gasteiger partial charge in [0.25, 0.3) is 0 Å². The van der Waals surface area contributed by atoms with Gasteiger partial charge in [-0.05, 0) is 24.6 Å². The van der Waals surface area contributed by atoms with Crippen molar-refractivity contribution in [2.24, 2.45) is 5.92 Å². The number of hydrogen-bond acceptors (Lipinski definition) is 2. The van der Waals surface area contributed by atoms with Crippen molar-refractivity contribution in [2.45, 2.75) is 20.8 Å². The number of halogens is 1. The first kappa shape index (κ1) is 12.1. The maximum atomic E-state index is 11.8. The Balaban J connectivity index is 3.27. The van der Waals surface area contributed by atoms with Gasteiger partial charge in [0.05, 0.1) is 12.7 Å². The molecule has 0 aliphatic carbocycles. The maximum Gasteiger partial charge on any atom is 0.169 e. The summed E-state index contributed by atoms with van der Waals surface area (Å²) < 4.78 is 5.17. The molecule has 0 N–H and O–H groups in total. The van der Waals surface area contributed by atoms with Gasteiger partial charge >= 0.3 is 0 Å². The Morgan fingerprint density at radius 3 is 2.47 bits per heavy atom. The Hall–Kier alpha value is -1.02.